The van der Waals surface area contributed by atoms with Gasteiger partial charge in [-0.25, -0.2) is 4.98 Å². The largest absolute Gasteiger partial charge is 0.481 e. The predicted octanol–water partition coefficient (Wildman–Crippen LogP) is 6.74. The fourth-order valence-corrected chi connectivity index (χ4v) is 5.23. The molecule has 188 valence electrons. The number of carboxylic acid groups (broad SMARTS) is 1. The Labute approximate surface area is 226 Å². The zero-order chi connectivity index (χ0) is 26.2. The lowest BCUT2D eigenvalue weighted by molar-refractivity contribution is -0.138. The minimum absolute atomic E-state index is 0.0986. The number of anilines is 2. The quantitative estimate of drug-likeness (QED) is 0.188. The van der Waals surface area contributed by atoms with E-state index in [2.05, 4.69) is 15.6 Å². The molecule has 0 saturated heterocycles. The summed E-state index contributed by atoms with van der Waals surface area (Å²) in [5.41, 5.74) is 3.05. The summed E-state index contributed by atoms with van der Waals surface area (Å²) in [6.07, 6.45) is -0.327. The molecule has 3 aromatic carbocycles. The van der Waals surface area contributed by atoms with Gasteiger partial charge in [0.05, 0.1) is 12.1 Å². The van der Waals surface area contributed by atoms with Gasteiger partial charge in [-0.3, -0.25) is 14.4 Å². The summed E-state index contributed by atoms with van der Waals surface area (Å²) in [6, 6.07) is 23.9. The molecule has 0 saturated carbocycles. The molecule has 1 unspecified atom stereocenters. The minimum Gasteiger partial charge on any atom is -0.481 e. The van der Waals surface area contributed by atoms with Crippen LogP contribution in [0.25, 0.3) is 11.3 Å². The molecule has 0 aliphatic rings. The van der Waals surface area contributed by atoms with Crippen molar-refractivity contribution in [2.75, 3.05) is 10.6 Å². The summed E-state index contributed by atoms with van der Waals surface area (Å²) < 4.78 is 0. The monoisotopic (exact) mass is 551 g/mol. The lowest BCUT2D eigenvalue weighted by atomic mass is 10.1. The van der Waals surface area contributed by atoms with Crippen LogP contribution in [0.4, 0.5) is 10.8 Å². The second-order valence-corrected chi connectivity index (χ2v) is 10.4. The number of carboxylic acids is 1. The molecule has 0 aliphatic heterocycles. The Hall–Kier alpha value is -3.66. The van der Waals surface area contributed by atoms with E-state index in [1.54, 1.807) is 24.3 Å². The molecular weight excluding hydrogens is 530 g/mol. The van der Waals surface area contributed by atoms with Gasteiger partial charge in [0.15, 0.2) is 5.13 Å². The maximum absolute atomic E-state index is 13.4. The van der Waals surface area contributed by atoms with Crippen molar-refractivity contribution in [3.63, 3.8) is 0 Å². The molecule has 1 aromatic heterocycles. The first-order chi connectivity index (χ1) is 17.9. The Morgan fingerprint density at radius 3 is 2.30 bits per heavy atom. The van der Waals surface area contributed by atoms with Gasteiger partial charge in [0, 0.05) is 33.0 Å². The number of hydrogen-bond acceptors (Lipinski definition) is 6. The van der Waals surface area contributed by atoms with Crippen molar-refractivity contribution < 1.29 is 19.5 Å². The summed E-state index contributed by atoms with van der Waals surface area (Å²) in [5.74, 6) is -1.60. The van der Waals surface area contributed by atoms with Crippen molar-refractivity contribution in [1.82, 2.24) is 4.98 Å². The first kappa shape index (κ1) is 26.4. The molecule has 0 radical (unpaired) electrons. The number of benzene rings is 3. The first-order valence-corrected chi connectivity index (χ1v) is 13.4. The van der Waals surface area contributed by atoms with Gasteiger partial charge in [-0.15, -0.1) is 23.1 Å². The molecule has 3 N–H and O–H groups in total. The van der Waals surface area contributed by atoms with Crippen LogP contribution in [0.15, 0.2) is 89.1 Å². The number of hydrogen-bond donors (Lipinski definition) is 3. The maximum Gasteiger partial charge on any atom is 0.303 e. The number of carbonyl (C=O) groups is 3. The zero-order valence-corrected chi connectivity index (χ0v) is 21.8. The molecule has 0 fully saturated rings. The van der Waals surface area contributed by atoms with E-state index in [9.17, 15) is 14.4 Å². The number of amides is 2. The standard InChI is InChI=1S/C27H22ClN3O4S2/c28-19-8-6-17(7-9-19)22-16-36-27(30-22)31-26(35)25(18-4-2-1-3-5-18)37-21-12-10-20(11-13-21)29-23(32)14-15-24(33)34/h1-13,16,25H,14-15H2,(H,29,32)(H,33,34)(H,30,31,35). The Bertz CT molecular complexity index is 1380. The summed E-state index contributed by atoms with van der Waals surface area (Å²) >= 11 is 8.69. The average molecular weight is 552 g/mol. The third-order valence-electron chi connectivity index (χ3n) is 5.17. The van der Waals surface area contributed by atoms with Crippen molar-refractivity contribution in [3.05, 3.63) is 94.8 Å². The van der Waals surface area contributed by atoms with Crippen molar-refractivity contribution >= 4 is 63.3 Å². The Balaban J connectivity index is 1.45. The van der Waals surface area contributed by atoms with Crippen LogP contribution in [0.2, 0.25) is 5.02 Å². The number of carbonyl (C=O) groups excluding carboxylic acids is 2. The van der Waals surface area contributed by atoms with Gasteiger partial charge in [0.25, 0.3) is 0 Å². The van der Waals surface area contributed by atoms with Gasteiger partial charge in [-0.05, 0) is 42.0 Å². The van der Waals surface area contributed by atoms with E-state index in [1.807, 2.05) is 60.0 Å². The number of aromatic nitrogens is 1. The van der Waals surface area contributed by atoms with E-state index >= 15 is 0 Å². The van der Waals surface area contributed by atoms with Crippen LogP contribution in [0.5, 0.6) is 0 Å². The molecule has 7 nitrogen and oxygen atoms in total. The number of thioether (sulfide) groups is 1. The Kier molecular flexibility index (Phi) is 8.95. The molecule has 0 bridgehead atoms. The molecule has 1 atom stereocenters. The fraction of sp³-hybridized carbons (Fsp3) is 0.111. The van der Waals surface area contributed by atoms with Crippen LogP contribution in [-0.4, -0.2) is 27.9 Å². The van der Waals surface area contributed by atoms with E-state index < -0.39 is 11.2 Å². The summed E-state index contributed by atoms with van der Waals surface area (Å²) in [5, 5.41) is 16.8. The van der Waals surface area contributed by atoms with Crippen molar-refractivity contribution in [2.45, 2.75) is 23.0 Å². The number of thiazole rings is 1. The van der Waals surface area contributed by atoms with Gasteiger partial charge in [0.1, 0.15) is 5.25 Å². The molecule has 4 aromatic rings. The highest BCUT2D eigenvalue weighted by molar-refractivity contribution is 8.00. The van der Waals surface area contributed by atoms with Crippen molar-refractivity contribution in [2.24, 2.45) is 0 Å². The number of nitrogens with zero attached hydrogens (tertiary/aromatic N) is 1. The molecule has 10 heteroatoms. The average Bonchev–Trinajstić information content (AvgIpc) is 3.36. The van der Waals surface area contributed by atoms with Gasteiger partial charge in [-0.2, -0.15) is 0 Å². The van der Waals surface area contributed by atoms with Gasteiger partial charge in [0.2, 0.25) is 11.8 Å². The molecule has 2 amide bonds. The zero-order valence-electron chi connectivity index (χ0n) is 19.4. The topological polar surface area (TPSA) is 108 Å². The molecule has 0 spiro atoms. The molecular formula is C27H22ClN3O4S2. The van der Waals surface area contributed by atoms with Gasteiger partial charge < -0.3 is 15.7 Å². The highest BCUT2D eigenvalue weighted by atomic mass is 35.5. The number of halogens is 1. The smallest absolute Gasteiger partial charge is 0.303 e. The Morgan fingerprint density at radius 1 is 0.919 bits per heavy atom. The molecule has 0 aliphatic carbocycles. The molecule has 1 heterocycles. The predicted molar refractivity (Wildman–Crippen MR) is 148 cm³/mol. The third kappa shape index (κ3) is 7.66. The minimum atomic E-state index is -1.02. The lowest BCUT2D eigenvalue weighted by Crippen LogP contribution is -2.19. The number of aliphatic carboxylic acids is 1. The second kappa shape index (κ2) is 12.5. The highest BCUT2D eigenvalue weighted by Gasteiger charge is 2.23. The van der Waals surface area contributed by atoms with Gasteiger partial charge >= 0.3 is 5.97 Å². The first-order valence-electron chi connectivity index (χ1n) is 11.2. The third-order valence-corrected chi connectivity index (χ3v) is 7.45. The van der Waals surface area contributed by atoms with E-state index in [4.69, 9.17) is 16.7 Å². The van der Waals surface area contributed by atoms with E-state index in [0.717, 1.165) is 21.7 Å². The second-order valence-electron chi connectivity index (χ2n) is 7.91. The van der Waals surface area contributed by atoms with Crippen LogP contribution in [0.1, 0.15) is 23.7 Å². The van der Waals surface area contributed by atoms with Crippen LogP contribution in [0.3, 0.4) is 0 Å². The maximum atomic E-state index is 13.4. The van der Waals surface area contributed by atoms with E-state index in [-0.39, 0.29) is 24.7 Å². The van der Waals surface area contributed by atoms with Crippen LogP contribution < -0.4 is 10.6 Å². The van der Waals surface area contributed by atoms with E-state index in [0.29, 0.717) is 15.8 Å². The number of rotatable bonds is 10. The lowest BCUT2D eigenvalue weighted by Gasteiger charge is -2.16. The fourth-order valence-electron chi connectivity index (χ4n) is 3.35. The highest BCUT2D eigenvalue weighted by Crippen LogP contribution is 2.37. The molecule has 4 rings (SSSR count). The summed E-state index contributed by atoms with van der Waals surface area (Å²) in [7, 11) is 0. The van der Waals surface area contributed by atoms with E-state index in [1.165, 1.54) is 23.1 Å². The normalized spacial score (nSPS) is 11.5. The van der Waals surface area contributed by atoms with Crippen LogP contribution in [0, 0.1) is 0 Å². The summed E-state index contributed by atoms with van der Waals surface area (Å²) in [6.45, 7) is 0. The van der Waals surface area contributed by atoms with Crippen LogP contribution in [-0.2, 0) is 14.4 Å². The van der Waals surface area contributed by atoms with Crippen molar-refractivity contribution in [1.29, 1.82) is 0 Å². The number of nitrogens with one attached hydrogen (secondary N) is 2. The SMILES string of the molecule is O=C(O)CCC(=O)Nc1ccc(SC(C(=O)Nc2nc(-c3ccc(Cl)cc3)cs2)c2ccccc2)cc1. The molecule has 37 heavy (non-hydrogen) atoms. The Morgan fingerprint density at radius 2 is 1.62 bits per heavy atom. The van der Waals surface area contributed by atoms with Crippen LogP contribution >= 0.6 is 34.7 Å². The van der Waals surface area contributed by atoms with Gasteiger partial charge in [-0.1, -0.05) is 54.1 Å². The summed E-state index contributed by atoms with van der Waals surface area (Å²) in [4.78, 5) is 41.3. The van der Waals surface area contributed by atoms with Crippen molar-refractivity contribution in [3.8, 4) is 11.3 Å².